The fourth-order valence-corrected chi connectivity index (χ4v) is 1.80. The predicted molar refractivity (Wildman–Crippen MR) is 74.2 cm³/mol. The summed E-state index contributed by atoms with van der Waals surface area (Å²) in [6.07, 6.45) is 0.365. The van der Waals surface area contributed by atoms with Crippen LogP contribution < -0.4 is 10.6 Å². The van der Waals surface area contributed by atoms with Gasteiger partial charge in [0.15, 0.2) is 0 Å². The van der Waals surface area contributed by atoms with Crippen LogP contribution in [0.4, 0.5) is 11.4 Å². The van der Waals surface area contributed by atoms with Crippen molar-refractivity contribution in [1.82, 2.24) is 5.32 Å². The second kappa shape index (κ2) is 6.84. The summed E-state index contributed by atoms with van der Waals surface area (Å²) in [5.41, 5.74) is 1.31. The minimum atomic E-state index is -0.453. The molecule has 0 saturated carbocycles. The summed E-state index contributed by atoms with van der Waals surface area (Å²) in [4.78, 5) is 21.9. The van der Waals surface area contributed by atoms with Gasteiger partial charge in [0.05, 0.1) is 4.92 Å². The van der Waals surface area contributed by atoms with E-state index in [2.05, 4.69) is 10.6 Å². The third-order valence-corrected chi connectivity index (χ3v) is 2.74. The Kier molecular flexibility index (Phi) is 5.44. The highest BCUT2D eigenvalue weighted by Crippen LogP contribution is 2.21. The highest BCUT2D eigenvalue weighted by atomic mass is 16.6. The average Bonchev–Trinajstić information content (AvgIpc) is 2.31. The maximum atomic E-state index is 11.8. The van der Waals surface area contributed by atoms with Gasteiger partial charge in [-0.1, -0.05) is 6.92 Å². The summed E-state index contributed by atoms with van der Waals surface area (Å²) in [6.45, 7) is 6.46. The van der Waals surface area contributed by atoms with Crippen molar-refractivity contribution >= 4 is 17.3 Å². The van der Waals surface area contributed by atoms with Gasteiger partial charge in [-0.2, -0.15) is 0 Å². The van der Waals surface area contributed by atoms with Gasteiger partial charge < -0.3 is 10.6 Å². The van der Waals surface area contributed by atoms with Crippen molar-refractivity contribution in [3.05, 3.63) is 33.9 Å². The molecule has 0 aliphatic carbocycles. The first-order valence-corrected chi connectivity index (χ1v) is 6.22. The van der Waals surface area contributed by atoms with Crippen molar-refractivity contribution in [2.75, 3.05) is 11.9 Å². The Morgan fingerprint density at radius 3 is 2.68 bits per heavy atom. The topological polar surface area (TPSA) is 84.3 Å². The fraction of sp³-hybridized carbons (Fsp3) is 0.462. The van der Waals surface area contributed by atoms with Crippen molar-refractivity contribution < 1.29 is 9.72 Å². The second-order valence-electron chi connectivity index (χ2n) is 4.47. The molecule has 0 saturated heterocycles. The quantitative estimate of drug-likeness (QED) is 0.610. The molecule has 1 amide bonds. The molecule has 0 aliphatic heterocycles. The zero-order valence-electron chi connectivity index (χ0n) is 11.4. The van der Waals surface area contributed by atoms with E-state index in [1.165, 1.54) is 12.1 Å². The number of aryl methyl sites for hydroxylation is 1. The van der Waals surface area contributed by atoms with Crippen LogP contribution in [0.2, 0.25) is 0 Å². The number of carbonyl (C=O) groups is 1. The molecule has 2 N–H and O–H groups in total. The van der Waals surface area contributed by atoms with Gasteiger partial charge in [-0.05, 0) is 32.0 Å². The van der Waals surface area contributed by atoms with E-state index in [-0.39, 0.29) is 17.6 Å². The molecular formula is C13H19N3O3. The summed E-state index contributed by atoms with van der Waals surface area (Å²) < 4.78 is 0. The van der Waals surface area contributed by atoms with E-state index in [1.807, 2.05) is 13.8 Å². The Bertz CT molecular complexity index is 474. The Labute approximate surface area is 112 Å². The van der Waals surface area contributed by atoms with Crippen LogP contribution in [0.25, 0.3) is 0 Å². The molecule has 0 aromatic heterocycles. The molecule has 1 aromatic rings. The molecule has 1 unspecified atom stereocenters. The van der Waals surface area contributed by atoms with E-state index in [4.69, 9.17) is 0 Å². The Hall–Kier alpha value is -1.95. The van der Waals surface area contributed by atoms with Gasteiger partial charge in [0.2, 0.25) is 5.91 Å². The third kappa shape index (κ3) is 4.67. The number of nitro groups is 1. The molecule has 1 aromatic carbocycles. The van der Waals surface area contributed by atoms with Crippen molar-refractivity contribution in [2.24, 2.45) is 0 Å². The monoisotopic (exact) mass is 265 g/mol. The Morgan fingerprint density at radius 2 is 2.16 bits per heavy atom. The fourth-order valence-electron chi connectivity index (χ4n) is 1.80. The molecule has 1 rings (SSSR count). The van der Waals surface area contributed by atoms with E-state index in [0.717, 1.165) is 6.54 Å². The van der Waals surface area contributed by atoms with Gasteiger partial charge >= 0.3 is 0 Å². The summed E-state index contributed by atoms with van der Waals surface area (Å²) in [7, 11) is 0. The first-order valence-electron chi connectivity index (χ1n) is 6.22. The molecule has 104 valence electrons. The maximum Gasteiger partial charge on any atom is 0.269 e. The number of nitro benzene ring substituents is 1. The van der Waals surface area contributed by atoms with Gasteiger partial charge in [-0.3, -0.25) is 14.9 Å². The standard InChI is InChI=1S/C13H19N3O3/c1-4-14-10(3)8-13(17)15-12-6-5-11(16(18)19)7-9(12)2/h5-7,10,14H,4,8H2,1-3H3,(H,15,17). The molecule has 19 heavy (non-hydrogen) atoms. The van der Waals surface area contributed by atoms with Crippen molar-refractivity contribution in [3.8, 4) is 0 Å². The number of anilines is 1. The SMILES string of the molecule is CCNC(C)CC(=O)Nc1ccc([N+](=O)[O-])cc1C. The van der Waals surface area contributed by atoms with Crippen LogP contribution in [0.5, 0.6) is 0 Å². The number of carbonyl (C=O) groups excluding carboxylic acids is 1. The summed E-state index contributed by atoms with van der Waals surface area (Å²) in [6, 6.07) is 4.49. The van der Waals surface area contributed by atoms with E-state index in [0.29, 0.717) is 17.7 Å². The molecule has 6 heteroatoms. The number of hydrogen-bond donors (Lipinski definition) is 2. The van der Waals surface area contributed by atoms with Crippen LogP contribution in [0.15, 0.2) is 18.2 Å². The molecule has 0 radical (unpaired) electrons. The third-order valence-electron chi connectivity index (χ3n) is 2.74. The number of rotatable bonds is 6. The molecular weight excluding hydrogens is 246 g/mol. The number of nitrogens with one attached hydrogen (secondary N) is 2. The van der Waals surface area contributed by atoms with E-state index in [9.17, 15) is 14.9 Å². The Balaban J connectivity index is 2.67. The summed E-state index contributed by atoms with van der Waals surface area (Å²) in [5, 5.41) is 16.5. The lowest BCUT2D eigenvalue weighted by Gasteiger charge is -2.13. The average molecular weight is 265 g/mol. The predicted octanol–water partition coefficient (Wildman–Crippen LogP) is 2.23. The van der Waals surface area contributed by atoms with E-state index in [1.54, 1.807) is 13.0 Å². The lowest BCUT2D eigenvalue weighted by molar-refractivity contribution is -0.384. The molecule has 0 bridgehead atoms. The number of hydrogen-bond acceptors (Lipinski definition) is 4. The minimum Gasteiger partial charge on any atom is -0.326 e. The lowest BCUT2D eigenvalue weighted by Crippen LogP contribution is -2.30. The highest BCUT2D eigenvalue weighted by Gasteiger charge is 2.12. The van der Waals surface area contributed by atoms with E-state index >= 15 is 0 Å². The smallest absolute Gasteiger partial charge is 0.269 e. The lowest BCUT2D eigenvalue weighted by atomic mass is 10.1. The number of amides is 1. The molecule has 1 atom stereocenters. The molecule has 0 aliphatic rings. The molecule has 0 heterocycles. The Morgan fingerprint density at radius 1 is 1.47 bits per heavy atom. The van der Waals surface area contributed by atoms with Crippen LogP contribution >= 0.6 is 0 Å². The van der Waals surface area contributed by atoms with Crippen molar-refractivity contribution in [1.29, 1.82) is 0 Å². The molecule has 0 fully saturated rings. The van der Waals surface area contributed by atoms with Gasteiger partial charge in [-0.15, -0.1) is 0 Å². The number of non-ortho nitro benzene ring substituents is 1. The number of benzene rings is 1. The van der Waals surface area contributed by atoms with Gasteiger partial charge in [0.25, 0.3) is 5.69 Å². The van der Waals surface area contributed by atoms with E-state index < -0.39 is 4.92 Å². The highest BCUT2D eigenvalue weighted by molar-refractivity contribution is 5.92. The second-order valence-corrected chi connectivity index (χ2v) is 4.47. The normalized spacial score (nSPS) is 11.9. The van der Waals surface area contributed by atoms with Gasteiger partial charge in [0.1, 0.15) is 0 Å². The number of nitrogens with zero attached hydrogens (tertiary/aromatic N) is 1. The van der Waals surface area contributed by atoms with Crippen molar-refractivity contribution in [3.63, 3.8) is 0 Å². The van der Waals surface area contributed by atoms with Crippen LogP contribution in [0, 0.1) is 17.0 Å². The van der Waals surface area contributed by atoms with Crippen LogP contribution in [-0.2, 0) is 4.79 Å². The van der Waals surface area contributed by atoms with Gasteiger partial charge in [0, 0.05) is 30.3 Å². The van der Waals surface area contributed by atoms with Gasteiger partial charge in [-0.25, -0.2) is 0 Å². The molecule has 0 spiro atoms. The van der Waals surface area contributed by atoms with Crippen molar-refractivity contribution in [2.45, 2.75) is 33.2 Å². The van der Waals surface area contributed by atoms with Crippen LogP contribution in [0.3, 0.4) is 0 Å². The van der Waals surface area contributed by atoms with Crippen LogP contribution in [-0.4, -0.2) is 23.4 Å². The summed E-state index contributed by atoms with van der Waals surface area (Å²) >= 11 is 0. The first kappa shape index (κ1) is 15.1. The first-order chi connectivity index (χ1) is 8.93. The van der Waals surface area contributed by atoms with Crippen LogP contribution in [0.1, 0.15) is 25.8 Å². The largest absolute Gasteiger partial charge is 0.326 e. The molecule has 6 nitrogen and oxygen atoms in total. The maximum absolute atomic E-state index is 11.8. The zero-order valence-corrected chi connectivity index (χ0v) is 11.4. The minimum absolute atomic E-state index is 0.0246. The summed E-state index contributed by atoms with van der Waals surface area (Å²) in [5.74, 6) is -0.106. The zero-order chi connectivity index (χ0) is 14.4.